The van der Waals surface area contributed by atoms with Crippen LogP contribution in [0.2, 0.25) is 0 Å². The highest BCUT2D eigenvalue weighted by atomic mass is 15.2. The minimum Gasteiger partial charge on any atom is -0.315 e. The van der Waals surface area contributed by atoms with Crippen molar-refractivity contribution >= 4 is 0 Å². The summed E-state index contributed by atoms with van der Waals surface area (Å²) < 4.78 is 0. The first kappa shape index (κ1) is 15.0. The van der Waals surface area contributed by atoms with Crippen molar-refractivity contribution in [2.45, 2.75) is 59.4 Å². The van der Waals surface area contributed by atoms with Gasteiger partial charge in [-0.1, -0.05) is 34.1 Å². The standard InChI is InChI=1S/C15H32N2/c1-5-9-16-12-15(13(3)4)17-10-7-14(6-2)8-11-17/h13-16H,5-12H2,1-4H3. The molecule has 1 fully saturated rings. The molecule has 1 saturated heterocycles. The molecule has 17 heavy (non-hydrogen) atoms. The van der Waals surface area contributed by atoms with Gasteiger partial charge in [0.05, 0.1) is 0 Å². The van der Waals surface area contributed by atoms with E-state index in [1.807, 2.05) is 0 Å². The van der Waals surface area contributed by atoms with E-state index in [0.29, 0.717) is 0 Å². The number of rotatable bonds is 7. The second kappa shape index (κ2) is 8.10. The van der Waals surface area contributed by atoms with E-state index in [9.17, 15) is 0 Å². The smallest absolute Gasteiger partial charge is 0.0243 e. The van der Waals surface area contributed by atoms with Gasteiger partial charge in [-0.15, -0.1) is 0 Å². The van der Waals surface area contributed by atoms with Gasteiger partial charge in [-0.05, 0) is 50.7 Å². The molecule has 0 aromatic heterocycles. The van der Waals surface area contributed by atoms with Crippen LogP contribution in [0, 0.1) is 11.8 Å². The highest BCUT2D eigenvalue weighted by Gasteiger charge is 2.25. The van der Waals surface area contributed by atoms with Crippen LogP contribution in [0.1, 0.15) is 53.4 Å². The number of likely N-dealkylation sites (tertiary alicyclic amines) is 1. The average molecular weight is 240 g/mol. The Bertz CT molecular complexity index is 183. The largest absolute Gasteiger partial charge is 0.315 e. The molecule has 0 spiro atoms. The van der Waals surface area contributed by atoms with Gasteiger partial charge >= 0.3 is 0 Å². The van der Waals surface area contributed by atoms with Gasteiger partial charge in [0, 0.05) is 12.6 Å². The van der Waals surface area contributed by atoms with Crippen LogP contribution in [0.3, 0.4) is 0 Å². The summed E-state index contributed by atoms with van der Waals surface area (Å²) in [6, 6.07) is 0.736. The van der Waals surface area contributed by atoms with Crippen molar-refractivity contribution in [1.29, 1.82) is 0 Å². The summed E-state index contributed by atoms with van der Waals surface area (Å²) >= 11 is 0. The Labute approximate surface area is 108 Å². The van der Waals surface area contributed by atoms with Crippen LogP contribution < -0.4 is 5.32 Å². The monoisotopic (exact) mass is 240 g/mol. The Morgan fingerprint density at radius 3 is 2.29 bits per heavy atom. The molecular weight excluding hydrogens is 208 g/mol. The summed E-state index contributed by atoms with van der Waals surface area (Å²) in [5.41, 5.74) is 0. The zero-order valence-corrected chi connectivity index (χ0v) is 12.3. The van der Waals surface area contributed by atoms with Crippen molar-refractivity contribution in [3.63, 3.8) is 0 Å². The summed E-state index contributed by atoms with van der Waals surface area (Å²) in [5.74, 6) is 1.75. The van der Waals surface area contributed by atoms with Crippen LogP contribution in [0.25, 0.3) is 0 Å². The predicted octanol–water partition coefficient (Wildman–Crippen LogP) is 3.13. The van der Waals surface area contributed by atoms with E-state index in [2.05, 4.69) is 37.9 Å². The van der Waals surface area contributed by atoms with Crippen LogP contribution in [0.5, 0.6) is 0 Å². The Balaban J connectivity index is 2.37. The van der Waals surface area contributed by atoms with Crippen molar-refractivity contribution in [2.24, 2.45) is 11.8 Å². The summed E-state index contributed by atoms with van der Waals surface area (Å²) in [6.07, 6.45) is 5.43. The molecule has 0 aromatic carbocycles. The molecular formula is C15H32N2. The summed E-state index contributed by atoms with van der Waals surface area (Å²) in [5, 5.41) is 3.60. The van der Waals surface area contributed by atoms with Crippen molar-refractivity contribution in [3.8, 4) is 0 Å². The average Bonchev–Trinajstić information content (AvgIpc) is 2.34. The second-order valence-electron chi connectivity index (χ2n) is 5.90. The van der Waals surface area contributed by atoms with Crippen LogP contribution in [0.4, 0.5) is 0 Å². The van der Waals surface area contributed by atoms with E-state index in [1.165, 1.54) is 45.3 Å². The van der Waals surface area contributed by atoms with Crippen LogP contribution >= 0.6 is 0 Å². The van der Waals surface area contributed by atoms with Crippen LogP contribution in [0.15, 0.2) is 0 Å². The van der Waals surface area contributed by atoms with E-state index in [-0.39, 0.29) is 0 Å². The lowest BCUT2D eigenvalue weighted by atomic mass is 9.91. The molecule has 2 nitrogen and oxygen atoms in total. The van der Waals surface area contributed by atoms with Gasteiger partial charge in [-0.3, -0.25) is 4.90 Å². The first-order valence-electron chi connectivity index (χ1n) is 7.63. The lowest BCUT2D eigenvalue weighted by Gasteiger charge is -2.39. The fourth-order valence-corrected chi connectivity index (χ4v) is 2.91. The minimum absolute atomic E-state index is 0.736. The number of piperidine rings is 1. The third-order valence-corrected chi connectivity index (χ3v) is 4.25. The van der Waals surface area contributed by atoms with Crippen molar-refractivity contribution in [1.82, 2.24) is 10.2 Å². The Kier molecular flexibility index (Phi) is 7.14. The zero-order chi connectivity index (χ0) is 12.7. The maximum Gasteiger partial charge on any atom is 0.0243 e. The first-order chi connectivity index (χ1) is 8.19. The van der Waals surface area contributed by atoms with Gasteiger partial charge in [0.2, 0.25) is 0 Å². The predicted molar refractivity (Wildman–Crippen MR) is 76.4 cm³/mol. The first-order valence-corrected chi connectivity index (χ1v) is 7.63. The molecule has 1 heterocycles. The molecule has 1 atom stereocenters. The molecule has 102 valence electrons. The fourth-order valence-electron chi connectivity index (χ4n) is 2.91. The van der Waals surface area contributed by atoms with Gasteiger partial charge in [-0.2, -0.15) is 0 Å². The van der Waals surface area contributed by atoms with Crippen LogP contribution in [-0.4, -0.2) is 37.1 Å². The summed E-state index contributed by atoms with van der Waals surface area (Å²) in [4.78, 5) is 2.72. The molecule has 1 aliphatic heterocycles. The molecule has 1 N–H and O–H groups in total. The van der Waals surface area contributed by atoms with Gasteiger partial charge in [0.25, 0.3) is 0 Å². The highest BCUT2D eigenvalue weighted by molar-refractivity contribution is 4.81. The number of hydrogen-bond acceptors (Lipinski definition) is 2. The van der Waals surface area contributed by atoms with Gasteiger partial charge in [0.1, 0.15) is 0 Å². The van der Waals surface area contributed by atoms with Crippen molar-refractivity contribution in [2.75, 3.05) is 26.2 Å². The van der Waals surface area contributed by atoms with Gasteiger partial charge in [0.15, 0.2) is 0 Å². The third kappa shape index (κ3) is 4.97. The quantitative estimate of drug-likeness (QED) is 0.688. The lowest BCUT2D eigenvalue weighted by Crippen LogP contribution is -2.49. The molecule has 1 rings (SSSR count). The van der Waals surface area contributed by atoms with E-state index in [1.54, 1.807) is 0 Å². The fraction of sp³-hybridized carbons (Fsp3) is 1.00. The minimum atomic E-state index is 0.736. The number of nitrogens with one attached hydrogen (secondary N) is 1. The zero-order valence-electron chi connectivity index (χ0n) is 12.3. The molecule has 0 amide bonds. The van der Waals surface area contributed by atoms with E-state index >= 15 is 0 Å². The topological polar surface area (TPSA) is 15.3 Å². The normalized spacial score (nSPS) is 21.0. The number of hydrogen-bond donors (Lipinski definition) is 1. The molecule has 0 aromatic rings. The van der Waals surface area contributed by atoms with Gasteiger partial charge in [-0.25, -0.2) is 0 Å². The van der Waals surface area contributed by atoms with Crippen molar-refractivity contribution in [3.05, 3.63) is 0 Å². The molecule has 1 unspecified atom stereocenters. The van der Waals surface area contributed by atoms with E-state index < -0.39 is 0 Å². The van der Waals surface area contributed by atoms with Crippen molar-refractivity contribution < 1.29 is 0 Å². The molecule has 0 aliphatic carbocycles. The summed E-state index contributed by atoms with van der Waals surface area (Å²) in [7, 11) is 0. The van der Waals surface area contributed by atoms with Crippen LogP contribution in [-0.2, 0) is 0 Å². The Morgan fingerprint density at radius 1 is 1.18 bits per heavy atom. The molecule has 0 bridgehead atoms. The number of nitrogens with zero attached hydrogens (tertiary/aromatic N) is 1. The molecule has 2 heteroatoms. The van der Waals surface area contributed by atoms with E-state index in [4.69, 9.17) is 0 Å². The molecule has 0 radical (unpaired) electrons. The van der Waals surface area contributed by atoms with Gasteiger partial charge < -0.3 is 5.32 Å². The molecule has 0 saturated carbocycles. The highest BCUT2D eigenvalue weighted by Crippen LogP contribution is 2.23. The molecule has 1 aliphatic rings. The second-order valence-corrected chi connectivity index (χ2v) is 5.90. The third-order valence-electron chi connectivity index (χ3n) is 4.25. The summed E-state index contributed by atoms with van der Waals surface area (Å²) in [6.45, 7) is 14.3. The maximum atomic E-state index is 3.60. The lowest BCUT2D eigenvalue weighted by molar-refractivity contribution is 0.102. The van der Waals surface area contributed by atoms with E-state index in [0.717, 1.165) is 24.4 Å². The maximum absolute atomic E-state index is 3.60. The Morgan fingerprint density at radius 2 is 1.82 bits per heavy atom. The SMILES string of the molecule is CCCNCC(C(C)C)N1CCC(CC)CC1. The Hall–Kier alpha value is -0.0800.